The van der Waals surface area contributed by atoms with Crippen molar-refractivity contribution in [3.8, 4) is 11.4 Å². The predicted molar refractivity (Wildman–Crippen MR) is 123 cm³/mol. The maximum atomic E-state index is 12.2. The van der Waals surface area contributed by atoms with Crippen molar-refractivity contribution in [1.29, 1.82) is 0 Å². The molecule has 6 nitrogen and oxygen atoms in total. The Labute approximate surface area is 181 Å². The van der Waals surface area contributed by atoms with Crippen molar-refractivity contribution < 1.29 is 9.53 Å². The fourth-order valence-electron chi connectivity index (χ4n) is 3.55. The van der Waals surface area contributed by atoms with Crippen LogP contribution in [0.5, 0.6) is 5.75 Å². The van der Waals surface area contributed by atoms with Gasteiger partial charge in [0.1, 0.15) is 11.3 Å². The van der Waals surface area contributed by atoms with E-state index >= 15 is 0 Å². The molecule has 0 fully saturated rings. The number of aryl methyl sites for hydroxylation is 2. The summed E-state index contributed by atoms with van der Waals surface area (Å²) >= 11 is 0. The number of carbonyl (C=O) groups excluding carboxylic acids is 1. The van der Waals surface area contributed by atoms with Crippen molar-refractivity contribution in [3.05, 3.63) is 89.4 Å². The van der Waals surface area contributed by atoms with E-state index in [9.17, 15) is 4.79 Å². The number of benzene rings is 2. The third kappa shape index (κ3) is 4.48. The van der Waals surface area contributed by atoms with Crippen molar-refractivity contribution in [2.24, 2.45) is 5.10 Å². The number of para-hydroxylation sites is 1. The average Bonchev–Trinajstić information content (AvgIpc) is 3.06. The number of nitrogens with one attached hydrogen (secondary N) is 1. The number of hydrazone groups is 1. The lowest BCUT2D eigenvalue weighted by molar-refractivity contribution is -0.123. The molecular formula is C25H24N4O2. The van der Waals surface area contributed by atoms with Crippen LogP contribution in [0.2, 0.25) is 0 Å². The zero-order chi connectivity index (χ0) is 21.8. The molecule has 0 radical (unpaired) electrons. The van der Waals surface area contributed by atoms with Crippen molar-refractivity contribution >= 4 is 23.0 Å². The van der Waals surface area contributed by atoms with Crippen LogP contribution < -0.4 is 10.2 Å². The van der Waals surface area contributed by atoms with Gasteiger partial charge >= 0.3 is 0 Å². The Morgan fingerprint density at radius 1 is 1.10 bits per heavy atom. The van der Waals surface area contributed by atoms with Gasteiger partial charge in [-0.1, -0.05) is 35.9 Å². The molecule has 0 aliphatic carbocycles. The van der Waals surface area contributed by atoms with Gasteiger partial charge in [0, 0.05) is 34.2 Å². The minimum Gasteiger partial charge on any atom is -0.481 e. The van der Waals surface area contributed by atoms with Gasteiger partial charge in [-0.15, -0.1) is 0 Å². The smallest absolute Gasteiger partial charge is 0.277 e. The average molecular weight is 412 g/mol. The Morgan fingerprint density at radius 3 is 2.68 bits per heavy atom. The fraction of sp³-hybridized carbons (Fsp3) is 0.160. The molecule has 0 bridgehead atoms. The molecular weight excluding hydrogens is 388 g/mol. The molecule has 0 saturated heterocycles. The molecule has 2 aromatic carbocycles. The lowest BCUT2D eigenvalue weighted by Crippen LogP contribution is -2.24. The minimum atomic E-state index is -0.337. The monoisotopic (exact) mass is 412 g/mol. The van der Waals surface area contributed by atoms with Gasteiger partial charge in [0.25, 0.3) is 5.91 Å². The molecule has 156 valence electrons. The van der Waals surface area contributed by atoms with Gasteiger partial charge in [0.05, 0.1) is 6.21 Å². The topological polar surface area (TPSA) is 68.5 Å². The van der Waals surface area contributed by atoms with Crippen LogP contribution in [0, 0.1) is 20.8 Å². The van der Waals surface area contributed by atoms with Gasteiger partial charge < -0.3 is 9.30 Å². The molecule has 6 heteroatoms. The quantitative estimate of drug-likeness (QED) is 0.375. The number of hydrogen-bond acceptors (Lipinski definition) is 4. The molecule has 4 rings (SSSR count). The Hall–Kier alpha value is -3.93. The second-order valence-electron chi connectivity index (χ2n) is 7.41. The number of rotatable bonds is 6. The van der Waals surface area contributed by atoms with Gasteiger partial charge in [-0.25, -0.2) is 5.43 Å². The first-order chi connectivity index (χ1) is 15.0. The number of fused-ring (bicyclic) bond motifs is 1. The van der Waals surface area contributed by atoms with E-state index in [2.05, 4.69) is 58.2 Å². The summed E-state index contributed by atoms with van der Waals surface area (Å²) in [5, 5.41) is 5.07. The standard InChI is InChI=1S/C25H24N4O2/c1-17-9-11-22(12-10-17)29-18(2)14-21(19(29)3)15-27-28-24(30)16-31-23-8-4-6-20-7-5-13-26-25(20)23/h4-15H,16H2,1-3H3,(H,28,30)/b27-15-. The molecule has 31 heavy (non-hydrogen) atoms. The Kier molecular flexibility index (Phi) is 5.80. The molecule has 2 heterocycles. The zero-order valence-corrected chi connectivity index (χ0v) is 17.8. The van der Waals surface area contributed by atoms with Gasteiger partial charge in [-0.05, 0) is 51.1 Å². The molecule has 0 unspecified atom stereocenters. The summed E-state index contributed by atoms with van der Waals surface area (Å²) in [4.78, 5) is 16.5. The van der Waals surface area contributed by atoms with Gasteiger partial charge in [0.15, 0.2) is 6.61 Å². The van der Waals surface area contributed by atoms with Crippen molar-refractivity contribution in [1.82, 2.24) is 15.0 Å². The first-order valence-electron chi connectivity index (χ1n) is 10.1. The lowest BCUT2D eigenvalue weighted by Gasteiger charge is -2.09. The van der Waals surface area contributed by atoms with Gasteiger partial charge in [-0.2, -0.15) is 5.10 Å². The normalized spacial score (nSPS) is 11.2. The summed E-state index contributed by atoms with van der Waals surface area (Å²) in [6.45, 7) is 6.01. The van der Waals surface area contributed by atoms with Crippen LogP contribution in [0.15, 0.2) is 72.0 Å². The number of nitrogens with zero attached hydrogens (tertiary/aromatic N) is 3. The van der Waals surface area contributed by atoms with E-state index in [1.807, 2.05) is 37.3 Å². The second-order valence-corrected chi connectivity index (χ2v) is 7.41. The first kappa shape index (κ1) is 20.3. The summed E-state index contributed by atoms with van der Waals surface area (Å²) in [6, 6.07) is 19.9. The number of aromatic nitrogens is 2. The minimum absolute atomic E-state index is 0.143. The second kappa shape index (κ2) is 8.83. The number of hydrogen-bond donors (Lipinski definition) is 1. The van der Waals surface area contributed by atoms with E-state index in [1.54, 1.807) is 18.5 Å². The van der Waals surface area contributed by atoms with Crippen LogP contribution in [0.3, 0.4) is 0 Å². The molecule has 0 saturated carbocycles. The third-order valence-electron chi connectivity index (χ3n) is 5.11. The molecule has 0 aliphatic rings. The van der Waals surface area contributed by atoms with Crippen LogP contribution in [0.25, 0.3) is 16.6 Å². The third-order valence-corrected chi connectivity index (χ3v) is 5.11. The van der Waals surface area contributed by atoms with Crippen LogP contribution in [0.1, 0.15) is 22.5 Å². The lowest BCUT2D eigenvalue weighted by atomic mass is 10.2. The summed E-state index contributed by atoms with van der Waals surface area (Å²) in [5.41, 5.74) is 8.67. The summed E-state index contributed by atoms with van der Waals surface area (Å²) in [6.07, 6.45) is 3.36. The highest BCUT2D eigenvalue weighted by Crippen LogP contribution is 2.23. The SMILES string of the molecule is Cc1ccc(-n2c(C)cc(/C=N\NC(=O)COc3cccc4cccnc34)c2C)cc1. The molecule has 1 amide bonds. The van der Waals surface area contributed by atoms with E-state index in [0.717, 1.165) is 33.5 Å². The Balaban J connectivity index is 1.40. The zero-order valence-electron chi connectivity index (χ0n) is 17.8. The van der Waals surface area contributed by atoms with Gasteiger partial charge in [-0.3, -0.25) is 9.78 Å². The van der Waals surface area contributed by atoms with E-state index < -0.39 is 0 Å². The molecule has 1 N–H and O–H groups in total. The number of pyridine rings is 1. The number of carbonyl (C=O) groups is 1. The van der Waals surface area contributed by atoms with Crippen LogP contribution in [0.4, 0.5) is 0 Å². The molecule has 0 atom stereocenters. The summed E-state index contributed by atoms with van der Waals surface area (Å²) < 4.78 is 7.81. The largest absolute Gasteiger partial charge is 0.481 e. The van der Waals surface area contributed by atoms with Crippen molar-refractivity contribution in [2.75, 3.05) is 6.61 Å². The van der Waals surface area contributed by atoms with E-state index in [0.29, 0.717) is 5.75 Å². The number of amides is 1. The summed E-state index contributed by atoms with van der Waals surface area (Å²) in [7, 11) is 0. The molecule has 2 aromatic heterocycles. The Bertz CT molecular complexity index is 1250. The van der Waals surface area contributed by atoms with Crippen molar-refractivity contribution in [2.45, 2.75) is 20.8 Å². The maximum absolute atomic E-state index is 12.2. The van der Waals surface area contributed by atoms with Crippen LogP contribution >= 0.6 is 0 Å². The molecule has 0 aliphatic heterocycles. The predicted octanol–water partition coefficient (Wildman–Crippen LogP) is 4.48. The van der Waals surface area contributed by atoms with Crippen LogP contribution in [-0.2, 0) is 4.79 Å². The highest BCUT2D eigenvalue weighted by atomic mass is 16.5. The highest BCUT2D eigenvalue weighted by Gasteiger charge is 2.10. The fourth-order valence-corrected chi connectivity index (χ4v) is 3.55. The van der Waals surface area contributed by atoms with E-state index in [1.165, 1.54) is 5.56 Å². The van der Waals surface area contributed by atoms with Crippen LogP contribution in [-0.4, -0.2) is 28.3 Å². The molecule has 4 aromatic rings. The number of ether oxygens (including phenoxy) is 1. The first-order valence-corrected chi connectivity index (χ1v) is 10.1. The van der Waals surface area contributed by atoms with E-state index in [-0.39, 0.29) is 12.5 Å². The van der Waals surface area contributed by atoms with Crippen molar-refractivity contribution in [3.63, 3.8) is 0 Å². The maximum Gasteiger partial charge on any atom is 0.277 e. The molecule has 0 spiro atoms. The Morgan fingerprint density at radius 2 is 1.87 bits per heavy atom. The highest BCUT2D eigenvalue weighted by molar-refractivity contribution is 5.86. The summed E-state index contributed by atoms with van der Waals surface area (Å²) in [5.74, 6) is 0.232. The van der Waals surface area contributed by atoms with Gasteiger partial charge in [0.2, 0.25) is 0 Å². The van der Waals surface area contributed by atoms with E-state index in [4.69, 9.17) is 4.74 Å².